The van der Waals surface area contributed by atoms with E-state index in [0.717, 1.165) is 12.0 Å². The Labute approximate surface area is 100 Å². The summed E-state index contributed by atoms with van der Waals surface area (Å²) in [6.07, 6.45) is 0.941. The molecule has 1 aliphatic carbocycles. The second-order valence-corrected chi connectivity index (χ2v) is 4.12. The number of carbonyl (C=O) groups excluding carboxylic acids is 2. The lowest BCUT2D eigenvalue weighted by molar-refractivity contribution is 0.0994. The van der Waals surface area contributed by atoms with Gasteiger partial charge in [0.2, 0.25) is 0 Å². The second kappa shape index (κ2) is 4.57. The highest BCUT2D eigenvalue weighted by molar-refractivity contribution is 6.00. The molecule has 1 aromatic carbocycles. The summed E-state index contributed by atoms with van der Waals surface area (Å²) >= 11 is 0. The highest BCUT2D eigenvalue weighted by Gasteiger charge is 2.20. The third-order valence-corrected chi connectivity index (χ3v) is 2.99. The van der Waals surface area contributed by atoms with Gasteiger partial charge in [0.1, 0.15) is 5.75 Å². The number of hydrogen-bond donors (Lipinski definition) is 0. The van der Waals surface area contributed by atoms with Crippen molar-refractivity contribution in [2.45, 2.75) is 19.8 Å². The SMILES string of the molecule is CCN(C)C(=O)Oc1ccc2c(c1)C(=O)CC2. The molecule has 17 heavy (non-hydrogen) atoms. The standard InChI is InChI=1S/C13H15NO3/c1-3-14(2)13(16)17-10-6-4-9-5-7-12(15)11(9)8-10/h4,6,8H,3,5,7H2,1-2H3. The molecule has 4 nitrogen and oxygen atoms in total. The van der Waals surface area contributed by atoms with E-state index in [1.54, 1.807) is 19.2 Å². The van der Waals surface area contributed by atoms with E-state index in [1.165, 1.54) is 4.90 Å². The van der Waals surface area contributed by atoms with Crippen molar-refractivity contribution in [3.8, 4) is 5.75 Å². The monoisotopic (exact) mass is 233 g/mol. The minimum Gasteiger partial charge on any atom is -0.410 e. The second-order valence-electron chi connectivity index (χ2n) is 4.12. The molecule has 0 spiro atoms. The Morgan fingerprint density at radius 3 is 2.88 bits per heavy atom. The maximum Gasteiger partial charge on any atom is 0.414 e. The molecule has 0 saturated heterocycles. The van der Waals surface area contributed by atoms with Gasteiger partial charge in [-0.25, -0.2) is 4.79 Å². The number of nitrogens with zero attached hydrogens (tertiary/aromatic N) is 1. The molecule has 0 saturated carbocycles. The van der Waals surface area contributed by atoms with Gasteiger partial charge >= 0.3 is 6.09 Å². The molecule has 4 heteroatoms. The minimum atomic E-state index is -0.405. The Balaban J connectivity index is 2.16. The van der Waals surface area contributed by atoms with E-state index in [9.17, 15) is 9.59 Å². The molecule has 2 rings (SSSR count). The van der Waals surface area contributed by atoms with Crippen molar-refractivity contribution in [2.24, 2.45) is 0 Å². The summed E-state index contributed by atoms with van der Waals surface area (Å²) in [5, 5.41) is 0. The molecule has 1 aromatic rings. The molecule has 0 aromatic heterocycles. The van der Waals surface area contributed by atoms with E-state index in [4.69, 9.17) is 4.74 Å². The van der Waals surface area contributed by atoms with Crippen molar-refractivity contribution in [3.05, 3.63) is 29.3 Å². The molecule has 0 atom stereocenters. The molecule has 0 heterocycles. The molecule has 0 N–H and O–H groups in total. The number of ketones is 1. The van der Waals surface area contributed by atoms with Gasteiger partial charge in [0, 0.05) is 25.6 Å². The summed E-state index contributed by atoms with van der Waals surface area (Å²) < 4.78 is 5.18. The normalized spacial score (nSPS) is 13.4. The van der Waals surface area contributed by atoms with Gasteiger partial charge in [-0.1, -0.05) is 6.07 Å². The summed E-state index contributed by atoms with van der Waals surface area (Å²) in [5.74, 6) is 0.561. The molecule has 1 aliphatic rings. The maximum atomic E-state index is 11.5. The van der Waals surface area contributed by atoms with Crippen molar-refractivity contribution in [1.82, 2.24) is 4.90 Å². The van der Waals surface area contributed by atoms with Crippen LogP contribution in [0.4, 0.5) is 4.79 Å². The Morgan fingerprint density at radius 2 is 2.18 bits per heavy atom. The summed E-state index contributed by atoms with van der Waals surface area (Å²) in [7, 11) is 1.67. The molecule has 0 unspecified atom stereocenters. The van der Waals surface area contributed by atoms with Crippen molar-refractivity contribution in [2.75, 3.05) is 13.6 Å². The van der Waals surface area contributed by atoms with Gasteiger partial charge in [-0.05, 0) is 31.0 Å². The largest absolute Gasteiger partial charge is 0.414 e. The number of carbonyl (C=O) groups is 2. The van der Waals surface area contributed by atoms with Gasteiger partial charge in [-0.3, -0.25) is 4.79 Å². The van der Waals surface area contributed by atoms with Gasteiger partial charge in [0.15, 0.2) is 5.78 Å². The van der Waals surface area contributed by atoms with E-state index in [1.807, 2.05) is 13.0 Å². The molecule has 90 valence electrons. The van der Waals surface area contributed by atoms with Crippen LogP contribution in [0.1, 0.15) is 29.3 Å². The number of benzene rings is 1. The average Bonchev–Trinajstić information content (AvgIpc) is 2.70. The number of hydrogen-bond acceptors (Lipinski definition) is 3. The van der Waals surface area contributed by atoms with E-state index in [2.05, 4.69) is 0 Å². The number of aryl methyl sites for hydroxylation is 1. The van der Waals surface area contributed by atoms with Gasteiger partial charge in [0.25, 0.3) is 0 Å². The van der Waals surface area contributed by atoms with Crippen LogP contribution >= 0.6 is 0 Å². The molecule has 0 fully saturated rings. The van der Waals surface area contributed by atoms with Crippen molar-refractivity contribution in [3.63, 3.8) is 0 Å². The summed E-state index contributed by atoms with van der Waals surface area (Å²) in [6, 6.07) is 5.25. The Kier molecular flexibility index (Phi) is 3.13. The zero-order chi connectivity index (χ0) is 12.4. The number of ether oxygens (including phenoxy) is 1. The van der Waals surface area contributed by atoms with E-state index in [-0.39, 0.29) is 5.78 Å². The van der Waals surface area contributed by atoms with Gasteiger partial charge in [-0.15, -0.1) is 0 Å². The highest BCUT2D eigenvalue weighted by atomic mass is 16.6. The average molecular weight is 233 g/mol. The molecule has 0 aliphatic heterocycles. The summed E-state index contributed by atoms with van der Waals surface area (Å²) in [4.78, 5) is 24.6. The van der Waals surface area contributed by atoms with Crippen molar-refractivity contribution < 1.29 is 14.3 Å². The van der Waals surface area contributed by atoms with E-state index >= 15 is 0 Å². The predicted molar refractivity (Wildman–Crippen MR) is 63.4 cm³/mol. The third kappa shape index (κ3) is 2.30. The third-order valence-electron chi connectivity index (χ3n) is 2.99. The van der Waals surface area contributed by atoms with Crippen LogP contribution in [0.15, 0.2) is 18.2 Å². The van der Waals surface area contributed by atoms with Crippen LogP contribution in [0.25, 0.3) is 0 Å². The fraction of sp³-hybridized carbons (Fsp3) is 0.385. The zero-order valence-electron chi connectivity index (χ0n) is 10.0. The quantitative estimate of drug-likeness (QED) is 0.787. The van der Waals surface area contributed by atoms with Gasteiger partial charge in [-0.2, -0.15) is 0 Å². The Hall–Kier alpha value is -1.84. The highest BCUT2D eigenvalue weighted by Crippen LogP contribution is 2.26. The first kappa shape index (κ1) is 11.6. The van der Waals surface area contributed by atoms with E-state index in [0.29, 0.717) is 24.3 Å². The van der Waals surface area contributed by atoms with Gasteiger partial charge in [0.05, 0.1) is 0 Å². The number of Topliss-reactive ketones (excluding diaryl/α,β-unsaturated/α-hetero) is 1. The predicted octanol–water partition coefficient (Wildman–Crippen LogP) is 2.27. The molecular weight excluding hydrogens is 218 g/mol. The van der Waals surface area contributed by atoms with Crippen molar-refractivity contribution in [1.29, 1.82) is 0 Å². The number of amides is 1. The van der Waals surface area contributed by atoms with Crippen LogP contribution in [-0.2, 0) is 6.42 Å². The molecule has 0 bridgehead atoms. The summed E-state index contributed by atoms with van der Waals surface area (Å²) in [5.41, 5.74) is 1.73. The zero-order valence-corrected chi connectivity index (χ0v) is 10.0. The molecule has 1 amide bonds. The van der Waals surface area contributed by atoms with Crippen LogP contribution in [0.2, 0.25) is 0 Å². The first-order valence-electron chi connectivity index (χ1n) is 5.71. The lowest BCUT2D eigenvalue weighted by atomic mass is 10.1. The maximum absolute atomic E-state index is 11.5. The Bertz CT molecular complexity index is 468. The lowest BCUT2D eigenvalue weighted by Crippen LogP contribution is -2.29. The van der Waals surface area contributed by atoms with Crippen LogP contribution in [-0.4, -0.2) is 30.4 Å². The first-order chi connectivity index (χ1) is 8.11. The van der Waals surface area contributed by atoms with E-state index < -0.39 is 6.09 Å². The van der Waals surface area contributed by atoms with Crippen molar-refractivity contribution >= 4 is 11.9 Å². The first-order valence-corrected chi connectivity index (χ1v) is 5.71. The Morgan fingerprint density at radius 1 is 1.41 bits per heavy atom. The summed E-state index contributed by atoms with van der Waals surface area (Å²) in [6.45, 7) is 2.45. The van der Waals surface area contributed by atoms with Crippen LogP contribution in [0.3, 0.4) is 0 Å². The fourth-order valence-electron chi connectivity index (χ4n) is 1.79. The topological polar surface area (TPSA) is 46.6 Å². The number of rotatable bonds is 2. The molecular formula is C13H15NO3. The number of fused-ring (bicyclic) bond motifs is 1. The van der Waals surface area contributed by atoms with Crippen LogP contribution in [0.5, 0.6) is 5.75 Å². The smallest absolute Gasteiger partial charge is 0.410 e. The van der Waals surface area contributed by atoms with Crippen LogP contribution < -0.4 is 4.74 Å². The fourth-order valence-corrected chi connectivity index (χ4v) is 1.79. The van der Waals surface area contributed by atoms with Crippen LogP contribution in [0, 0.1) is 0 Å². The molecule has 0 radical (unpaired) electrons. The minimum absolute atomic E-state index is 0.127. The lowest BCUT2D eigenvalue weighted by Gasteiger charge is -2.14. The van der Waals surface area contributed by atoms with Gasteiger partial charge < -0.3 is 9.64 Å².